The average Bonchev–Trinajstić information content (AvgIpc) is 2.38. The van der Waals surface area contributed by atoms with E-state index in [0.29, 0.717) is 6.54 Å². The second kappa shape index (κ2) is 8.18. The monoisotopic (exact) mass is 265 g/mol. The third-order valence-corrected chi connectivity index (χ3v) is 3.36. The normalized spacial score (nSPS) is 12.5. The van der Waals surface area contributed by atoms with Crippen molar-refractivity contribution >= 4 is 0 Å². The van der Waals surface area contributed by atoms with Crippen molar-refractivity contribution in [3.63, 3.8) is 0 Å². The molecule has 19 heavy (non-hydrogen) atoms. The molecule has 0 saturated carbocycles. The van der Waals surface area contributed by atoms with Crippen molar-refractivity contribution in [1.82, 2.24) is 0 Å². The van der Waals surface area contributed by atoms with Crippen molar-refractivity contribution in [2.45, 2.75) is 40.0 Å². The molecule has 0 bridgehead atoms. The van der Waals surface area contributed by atoms with Crippen LogP contribution in [0, 0.1) is 19.8 Å². The SMILES string of the molecule is CCCOc1c(C)cc(C)cc1CCC(CN)CO. The van der Waals surface area contributed by atoms with E-state index in [9.17, 15) is 5.11 Å². The zero-order valence-corrected chi connectivity index (χ0v) is 12.4. The van der Waals surface area contributed by atoms with E-state index in [2.05, 4.69) is 32.9 Å². The van der Waals surface area contributed by atoms with Gasteiger partial charge in [0, 0.05) is 6.61 Å². The summed E-state index contributed by atoms with van der Waals surface area (Å²) in [5.41, 5.74) is 9.31. The standard InChI is InChI=1S/C16H27NO2/c1-4-7-19-16-13(3)8-12(2)9-15(16)6-5-14(10-17)11-18/h8-9,14,18H,4-7,10-11,17H2,1-3H3. The second-order valence-electron chi connectivity index (χ2n) is 5.24. The predicted molar refractivity (Wildman–Crippen MR) is 79.7 cm³/mol. The average molecular weight is 265 g/mol. The Morgan fingerprint density at radius 1 is 1.32 bits per heavy atom. The van der Waals surface area contributed by atoms with E-state index in [1.807, 2.05) is 0 Å². The number of hydrogen-bond donors (Lipinski definition) is 2. The Kier molecular flexibility index (Phi) is 6.89. The fraction of sp³-hybridized carbons (Fsp3) is 0.625. The minimum atomic E-state index is 0.159. The van der Waals surface area contributed by atoms with Crippen molar-refractivity contribution in [2.75, 3.05) is 19.8 Å². The van der Waals surface area contributed by atoms with Crippen LogP contribution in [0.4, 0.5) is 0 Å². The Morgan fingerprint density at radius 2 is 2.05 bits per heavy atom. The van der Waals surface area contributed by atoms with Crippen molar-refractivity contribution < 1.29 is 9.84 Å². The first-order chi connectivity index (χ1) is 9.12. The molecule has 0 fully saturated rings. The lowest BCUT2D eigenvalue weighted by molar-refractivity contribution is 0.222. The molecule has 0 aliphatic rings. The molecule has 0 amide bonds. The van der Waals surface area contributed by atoms with Crippen molar-refractivity contribution in [3.05, 3.63) is 28.8 Å². The number of aryl methyl sites for hydroxylation is 3. The van der Waals surface area contributed by atoms with E-state index in [1.54, 1.807) is 0 Å². The van der Waals surface area contributed by atoms with Gasteiger partial charge in [-0.05, 0) is 56.7 Å². The van der Waals surface area contributed by atoms with Crippen molar-refractivity contribution in [3.8, 4) is 5.75 Å². The summed E-state index contributed by atoms with van der Waals surface area (Å²) in [5.74, 6) is 1.20. The molecule has 1 aromatic rings. The molecular weight excluding hydrogens is 238 g/mol. The molecule has 1 unspecified atom stereocenters. The smallest absolute Gasteiger partial charge is 0.125 e. The van der Waals surface area contributed by atoms with Gasteiger partial charge in [-0.2, -0.15) is 0 Å². The third kappa shape index (κ3) is 4.84. The fourth-order valence-electron chi connectivity index (χ4n) is 2.28. The van der Waals surface area contributed by atoms with Gasteiger partial charge in [0.2, 0.25) is 0 Å². The zero-order chi connectivity index (χ0) is 14.3. The Balaban J connectivity index is 2.84. The number of benzene rings is 1. The summed E-state index contributed by atoms with van der Waals surface area (Å²) in [6.07, 6.45) is 2.82. The van der Waals surface area contributed by atoms with Gasteiger partial charge in [-0.15, -0.1) is 0 Å². The molecule has 3 heteroatoms. The molecular formula is C16H27NO2. The van der Waals surface area contributed by atoms with Crippen LogP contribution in [-0.4, -0.2) is 24.9 Å². The topological polar surface area (TPSA) is 55.5 Å². The van der Waals surface area contributed by atoms with Gasteiger partial charge < -0.3 is 15.6 Å². The number of rotatable bonds is 8. The Bertz CT molecular complexity index is 387. The van der Waals surface area contributed by atoms with Gasteiger partial charge in [0.05, 0.1) is 6.61 Å². The fourth-order valence-corrected chi connectivity index (χ4v) is 2.28. The summed E-state index contributed by atoms with van der Waals surface area (Å²) in [6, 6.07) is 4.34. The van der Waals surface area contributed by atoms with Crippen LogP contribution in [-0.2, 0) is 6.42 Å². The maximum absolute atomic E-state index is 9.21. The predicted octanol–water partition coefficient (Wildman–Crippen LogP) is 2.59. The van der Waals surface area contributed by atoms with Gasteiger partial charge in [-0.3, -0.25) is 0 Å². The van der Waals surface area contributed by atoms with E-state index in [0.717, 1.165) is 31.6 Å². The summed E-state index contributed by atoms with van der Waals surface area (Å²) >= 11 is 0. The summed E-state index contributed by atoms with van der Waals surface area (Å²) in [7, 11) is 0. The third-order valence-electron chi connectivity index (χ3n) is 3.36. The van der Waals surface area contributed by atoms with E-state index >= 15 is 0 Å². The first-order valence-corrected chi connectivity index (χ1v) is 7.16. The Labute approximate surface area is 116 Å². The van der Waals surface area contributed by atoms with Crippen molar-refractivity contribution in [2.24, 2.45) is 11.7 Å². The molecule has 0 saturated heterocycles. The molecule has 1 atom stereocenters. The second-order valence-corrected chi connectivity index (χ2v) is 5.24. The molecule has 3 N–H and O–H groups in total. The number of ether oxygens (including phenoxy) is 1. The molecule has 1 aromatic carbocycles. The Hall–Kier alpha value is -1.06. The van der Waals surface area contributed by atoms with E-state index < -0.39 is 0 Å². The quantitative estimate of drug-likeness (QED) is 0.759. The molecule has 0 aliphatic carbocycles. The highest BCUT2D eigenvalue weighted by Gasteiger charge is 2.11. The number of hydrogen-bond acceptors (Lipinski definition) is 3. The maximum atomic E-state index is 9.21. The van der Waals surface area contributed by atoms with Crippen LogP contribution in [0.1, 0.15) is 36.5 Å². The van der Waals surface area contributed by atoms with Crippen LogP contribution in [0.3, 0.4) is 0 Å². The zero-order valence-electron chi connectivity index (χ0n) is 12.4. The van der Waals surface area contributed by atoms with E-state index in [4.69, 9.17) is 10.5 Å². The highest BCUT2D eigenvalue weighted by molar-refractivity contribution is 5.44. The van der Waals surface area contributed by atoms with Gasteiger partial charge in [-0.25, -0.2) is 0 Å². The van der Waals surface area contributed by atoms with Gasteiger partial charge in [0.25, 0.3) is 0 Å². The minimum absolute atomic E-state index is 0.159. The van der Waals surface area contributed by atoms with Crippen LogP contribution < -0.4 is 10.5 Å². The van der Waals surface area contributed by atoms with Gasteiger partial charge in [-0.1, -0.05) is 24.6 Å². The lowest BCUT2D eigenvalue weighted by Crippen LogP contribution is -2.19. The van der Waals surface area contributed by atoms with Gasteiger partial charge >= 0.3 is 0 Å². The summed E-state index contributed by atoms with van der Waals surface area (Å²) in [5, 5.41) is 9.21. The Morgan fingerprint density at radius 3 is 2.63 bits per heavy atom. The van der Waals surface area contributed by atoms with Crippen LogP contribution in [0.5, 0.6) is 5.75 Å². The number of aliphatic hydroxyl groups is 1. The first kappa shape index (κ1) is 16.0. The number of aliphatic hydroxyl groups excluding tert-OH is 1. The molecule has 108 valence electrons. The highest BCUT2D eigenvalue weighted by Crippen LogP contribution is 2.27. The lowest BCUT2D eigenvalue weighted by atomic mass is 9.96. The van der Waals surface area contributed by atoms with Crippen LogP contribution >= 0.6 is 0 Å². The molecule has 0 spiro atoms. The molecule has 0 aromatic heterocycles. The van der Waals surface area contributed by atoms with Gasteiger partial charge in [0.15, 0.2) is 0 Å². The maximum Gasteiger partial charge on any atom is 0.125 e. The van der Waals surface area contributed by atoms with Crippen LogP contribution in [0.25, 0.3) is 0 Å². The molecule has 3 nitrogen and oxygen atoms in total. The summed E-state index contributed by atoms with van der Waals surface area (Å²) < 4.78 is 5.88. The highest BCUT2D eigenvalue weighted by atomic mass is 16.5. The minimum Gasteiger partial charge on any atom is -0.493 e. The van der Waals surface area contributed by atoms with E-state index in [-0.39, 0.29) is 12.5 Å². The molecule has 0 radical (unpaired) electrons. The summed E-state index contributed by atoms with van der Waals surface area (Å²) in [4.78, 5) is 0. The van der Waals surface area contributed by atoms with E-state index in [1.165, 1.54) is 16.7 Å². The number of nitrogens with two attached hydrogens (primary N) is 1. The molecule has 1 rings (SSSR count). The largest absolute Gasteiger partial charge is 0.493 e. The van der Waals surface area contributed by atoms with Gasteiger partial charge in [0.1, 0.15) is 5.75 Å². The van der Waals surface area contributed by atoms with Crippen LogP contribution in [0.15, 0.2) is 12.1 Å². The van der Waals surface area contributed by atoms with Crippen LogP contribution in [0.2, 0.25) is 0 Å². The summed E-state index contributed by atoms with van der Waals surface area (Å²) in [6.45, 7) is 7.75. The van der Waals surface area contributed by atoms with Crippen molar-refractivity contribution in [1.29, 1.82) is 0 Å². The molecule has 0 heterocycles. The molecule has 0 aliphatic heterocycles. The first-order valence-electron chi connectivity index (χ1n) is 7.16. The lowest BCUT2D eigenvalue weighted by Gasteiger charge is -2.17.